The lowest BCUT2D eigenvalue weighted by Gasteiger charge is -2.02. The van der Waals surface area contributed by atoms with Gasteiger partial charge in [0.1, 0.15) is 0 Å². The van der Waals surface area contributed by atoms with Crippen LogP contribution in [0.3, 0.4) is 0 Å². The smallest absolute Gasteiger partial charge is 0.188 e. The molecule has 3 rings (SSSR count). The summed E-state index contributed by atoms with van der Waals surface area (Å²) in [6.07, 6.45) is 4.16. The molecule has 0 radical (unpaired) electrons. The lowest BCUT2D eigenvalue weighted by Crippen LogP contribution is -2.36. The summed E-state index contributed by atoms with van der Waals surface area (Å²) in [5, 5.41) is 0. The van der Waals surface area contributed by atoms with E-state index in [-0.39, 0.29) is 0 Å². The zero-order valence-electron chi connectivity index (χ0n) is 12.0. The first-order chi connectivity index (χ1) is 10.7. The fourth-order valence-electron chi connectivity index (χ4n) is 2.31. The van der Waals surface area contributed by atoms with Gasteiger partial charge in [-0.2, -0.15) is 9.13 Å². The van der Waals surface area contributed by atoms with Gasteiger partial charge >= 0.3 is 0 Å². The number of halogens is 2. The first-order valence-corrected chi connectivity index (χ1v) is 8.67. The highest BCUT2D eigenvalue weighted by atomic mass is 79.9. The topological polar surface area (TPSA) is 7.76 Å². The molecule has 4 heteroatoms. The summed E-state index contributed by atoms with van der Waals surface area (Å²) in [4.78, 5) is 0. The normalized spacial score (nSPS) is 10.6. The molecule has 0 aliphatic rings. The van der Waals surface area contributed by atoms with Crippen LogP contribution in [-0.4, -0.2) is 0 Å². The largest absolute Gasteiger partial charge is 0.248 e. The van der Waals surface area contributed by atoms with Crippen molar-refractivity contribution >= 4 is 31.9 Å². The summed E-state index contributed by atoms with van der Waals surface area (Å²) >= 11 is 7.15. The predicted molar refractivity (Wildman–Crippen MR) is 93.3 cm³/mol. The second kappa shape index (κ2) is 7.16. The first kappa shape index (κ1) is 15.4. The van der Waals surface area contributed by atoms with Crippen LogP contribution in [0.1, 0.15) is 11.1 Å². The molecule has 1 aromatic carbocycles. The highest BCUT2D eigenvalue weighted by Gasteiger charge is 2.09. The number of rotatable bonds is 4. The van der Waals surface area contributed by atoms with Crippen molar-refractivity contribution in [2.75, 3.05) is 0 Å². The molecule has 110 valence electrons. The molecule has 0 bridgehead atoms. The van der Waals surface area contributed by atoms with E-state index in [4.69, 9.17) is 0 Å². The number of pyridine rings is 2. The Bertz CT molecular complexity index is 704. The van der Waals surface area contributed by atoms with Crippen molar-refractivity contribution in [3.8, 4) is 0 Å². The maximum Gasteiger partial charge on any atom is 0.248 e. The molecule has 0 saturated carbocycles. The third-order valence-corrected chi connectivity index (χ3v) is 4.94. The fourth-order valence-corrected chi connectivity index (χ4v) is 3.10. The summed E-state index contributed by atoms with van der Waals surface area (Å²) < 4.78 is 6.53. The monoisotopic (exact) mass is 418 g/mol. The molecule has 0 saturated heterocycles. The molecule has 0 fully saturated rings. The van der Waals surface area contributed by atoms with E-state index in [0.717, 1.165) is 22.3 Å². The second-order valence-corrected chi connectivity index (χ2v) is 6.74. The van der Waals surface area contributed by atoms with Crippen molar-refractivity contribution in [3.63, 3.8) is 0 Å². The zero-order valence-corrected chi connectivity index (χ0v) is 15.2. The van der Waals surface area contributed by atoms with Crippen LogP contribution in [0.5, 0.6) is 0 Å². The number of aromatic nitrogens is 2. The summed E-state index contributed by atoms with van der Waals surface area (Å²) in [5.41, 5.74) is 2.58. The van der Waals surface area contributed by atoms with Crippen LogP contribution in [0.4, 0.5) is 0 Å². The Hall–Kier alpha value is -1.52. The Labute approximate surface area is 147 Å². The summed E-state index contributed by atoms with van der Waals surface area (Å²) in [7, 11) is 0. The van der Waals surface area contributed by atoms with E-state index in [0.29, 0.717) is 0 Å². The van der Waals surface area contributed by atoms with Gasteiger partial charge in [-0.1, -0.05) is 24.3 Å². The van der Waals surface area contributed by atoms with E-state index in [1.54, 1.807) is 0 Å². The van der Waals surface area contributed by atoms with E-state index in [2.05, 4.69) is 89.8 Å². The molecule has 2 nitrogen and oxygen atoms in total. The van der Waals surface area contributed by atoms with Crippen LogP contribution in [0, 0.1) is 0 Å². The number of nitrogens with zero attached hydrogens (tertiary/aromatic N) is 2. The molecule has 2 aromatic heterocycles. The molecule has 0 atom stereocenters. The highest BCUT2D eigenvalue weighted by Crippen LogP contribution is 2.08. The molecule has 0 amide bonds. The minimum atomic E-state index is 0.865. The van der Waals surface area contributed by atoms with Crippen LogP contribution < -0.4 is 9.13 Å². The maximum absolute atomic E-state index is 3.57. The number of hydrogen-bond donors (Lipinski definition) is 0. The van der Waals surface area contributed by atoms with Crippen molar-refractivity contribution in [2.45, 2.75) is 13.1 Å². The molecule has 2 heterocycles. The van der Waals surface area contributed by atoms with Crippen molar-refractivity contribution < 1.29 is 9.13 Å². The van der Waals surface area contributed by atoms with Crippen molar-refractivity contribution in [1.82, 2.24) is 0 Å². The van der Waals surface area contributed by atoms with Crippen LogP contribution in [0.25, 0.3) is 0 Å². The van der Waals surface area contributed by atoms with E-state index >= 15 is 0 Å². The second-order valence-electron chi connectivity index (χ2n) is 5.12. The molecule has 0 unspecified atom stereocenters. The average Bonchev–Trinajstić information content (AvgIpc) is 2.54. The molecule has 0 aliphatic heterocycles. The molecule has 3 aromatic rings. The Balaban J connectivity index is 1.73. The van der Waals surface area contributed by atoms with Crippen LogP contribution in [0.2, 0.25) is 0 Å². The SMILES string of the molecule is Brc1cccc[n+]1Cc1ccc(C[n+]2ccccc2Br)cc1. The van der Waals surface area contributed by atoms with E-state index < -0.39 is 0 Å². The van der Waals surface area contributed by atoms with Crippen molar-refractivity contribution in [1.29, 1.82) is 0 Å². The van der Waals surface area contributed by atoms with Gasteiger partial charge in [-0.3, -0.25) is 0 Å². The van der Waals surface area contributed by atoms with Gasteiger partial charge < -0.3 is 0 Å². The molecule has 22 heavy (non-hydrogen) atoms. The van der Waals surface area contributed by atoms with Crippen molar-refractivity contribution in [2.24, 2.45) is 0 Å². The average molecular weight is 420 g/mol. The fraction of sp³-hybridized carbons (Fsp3) is 0.111. The number of hydrogen-bond acceptors (Lipinski definition) is 0. The van der Waals surface area contributed by atoms with E-state index in [9.17, 15) is 0 Å². The molecule has 0 spiro atoms. The Morgan fingerprint density at radius 1 is 0.591 bits per heavy atom. The molecular formula is C18H16Br2N2+2. The minimum absolute atomic E-state index is 0.865. The lowest BCUT2D eigenvalue weighted by atomic mass is 10.1. The van der Waals surface area contributed by atoms with E-state index in [1.807, 2.05) is 24.3 Å². The van der Waals surface area contributed by atoms with Gasteiger partial charge in [0.25, 0.3) is 0 Å². The van der Waals surface area contributed by atoms with Gasteiger partial charge in [0, 0.05) is 67.3 Å². The third-order valence-electron chi connectivity index (χ3n) is 3.50. The Kier molecular flexibility index (Phi) is 5.01. The lowest BCUT2D eigenvalue weighted by molar-refractivity contribution is -0.699. The maximum atomic E-state index is 3.57. The quantitative estimate of drug-likeness (QED) is 0.447. The Morgan fingerprint density at radius 2 is 1.00 bits per heavy atom. The molecule has 0 N–H and O–H groups in total. The minimum Gasteiger partial charge on any atom is -0.188 e. The third kappa shape index (κ3) is 3.81. The molecule has 0 aliphatic carbocycles. The van der Waals surface area contributed by atoms with Crippen LogP contribution in [-0.2, 0) is 13.1 Å². The molecular weight excluding hydrogens is 404 g/mol. The standard InChI is InChI=1S/C18H16Br2N2/c19-17-5-1-3-11-21(17)13-15-7-9-16(10-8-15)14-22-12-4-2-6-18(22)20/h1-12H,13-14H2/q+2. The summed E-state index contributed by atoms with van der Waals surface area (Å²) in [5.74, 6) is 0. The van der Waals surface area contributed by atoms with Crippen LogP contribution in [0.15, 0.2) is 82.3 Å². The van der Waals surface area contributed by atoms with Gasteiger partial charge in [0.05, 0.1) is 0 Å². The van der Waals surface area contributed by atoms with Crippen LogP contribution >= 0.6 is 31.9 Å². The first-order valence-electron chi connectivity index (χ1n) is 7.08. The zero-order chi connectivity index (χ0) is 15.4. The van der Waals surface area contributed by atoms with Gasteiger partial charge in [-0.05, 0) is 12.1 Å². The van der Waals surface area contributed by atoms with Gasteiger partial charge in [0.15, 0.2) is 25.5 Å². The van der Waals surface area contributed by atoms with Crippen molar-refractivity contribution in [3.05, 3.63) is 93.4 Å². The number of benzene rings is 1. The highest BCUT2D eigenvalue weighted by molar-refractivity contribution is 9.10. The Morgan fingerprint density at radius 3 is 1.36 bits per heavy atom. The predicted octanol–water partition coefficient (Wildman–Crippen LogP) is 3.88. The van der Waals surface area contributed by atoms with Gasteiger partial charge in [0.2, 0.25) is 9.21 Å². The van der Waals surface area contributed by atoms with Gasteiger partial charge in [-0.15, -0.1) is 0 Å². The summed E-state index contributed by atoms with van der Waals surface area (Å²) in [6.45, 7) is 1.73. The van der Waals surface area contributed by atoms with E-state index in [1.165, 1.54) is 11.1 Å². The summed E-state index contributed by atoms with van der Waals surface area (Å²) in [6, 6.07) is 21.0. The van der Waals surface area contributed by atoms with Gasteiger partial charge in [-0.25, -0.2) is 0 Å².